The Balaban J connectivity index is 1.58. The molecule has 0 radical (unpaired) electrons. The van der Waals surface area contributed by atoms with Gasteiger partial charge in [-0.25, -0.2) is 4.98 Å². The molecule has 0 saturated heterocycles. The first kappa shape index (κ1) is 21.6. The Bertz CT molecular complexity index is 1150. The SMILES string of the molecule is O=C(Cc1cccnc1N(Cc1ccccc1)c1ccc(Cl)cc1)OCc1ccccc1. The Kier molecular flexibility index (Phi) is 7.15. The number of benzene rings is 3. The van der Waals surface area contributed by atoms with Crippen LogP contribution >= 0.6 is 11.6 Å². The number of carbonyl (C=O) groups excluding carboxylic acids is 1. The molecular formula is C27H23ClN2O2. The summed E-state index contributed by atoms with van der Waals surface area (Å²) in [4.78, 5) is 19.3. The molecule has 4 rings (SSSR count). The van der Waals surface area contributed by atoms with Gasteiger partial charge >= 0.3 is 5.97 Å². The average Bonchev–Trinajstić information content (AvgIpc) is 2.84. The fraction of sp³-hybridized carbons (Fsp3) is 0.111. The van der Waals surface area contributed by atoms with Gasteiger partial charge in [0, 0.05) is 29.0 Å². The van der Waals surface area contributed by atoms with Crippen molar-refractivity contribution < 1.29 is 9.53 Å². The molecule has 1 heterocycles. The quantitative estimate of drug-likeness (QED) is 0.298. The predicted octanol–water partition coefficient (Wildman–Crippen LogP) is 6.36. The van der Waals surface area contributed by atoms with Crippen LogP contribution in [-0.4, -0.2) is 11.0 Å². The molecule has 160 valence electrons. The second kappa shape index (κ2) is 10.6. The van der Waals surface area contributed by atoms with Gasteiger partial charge in [-0.15, -0.1) is 0 Å². The van der Waals surface area contributed by atoms with Gasteiger partial charge in [0.1, 0.15) is 12.4 Å². The number of carbonyl (C=O) groups is 1. The summed E-state index contributed by atoms with van der Waals surface area (Å²) in [5.74, 6) is 0.425. The van der Waals surface area contributed by atoms with Gasteiger partial charge in [0.25, 0.3) is 0 Å². The van der Waals surface area contributed by atoms with E-state index in [0.717, 1.165) is 28.2 Å². The number of aromatic nitrogens is 1. The maximum Gasteiger partial charge on any atom is 0.310 e. The Morgan fingerprint density at radius 3 is 2.16 bits per heavy atom. The number of esters is 1. The van der Waals surface area contributed by atoms with Crippen LogP contribution < -0.4 is 4.90 Å². The molecule has 5 heteroatoms. The molecule has 0 bridgehead atoms. The molecular weight excluding hydrogens is 420 g/mol. The molecule has 0 spiro atoms. The Morgan fingerprint density at radius 2 is 1.47 bits per heavy atom. The topological polar surface area (TPSA) is 42.4 Å². The fourth-order valence-electron chi connectivity index (χ4n) is 3.43. The molecule has 0 aliphatic heterocycles. The summed E-state index contributed by atoms with van der Waals surface area (Å²) in [6.07, 6.45) is 1.87. The standard InChI is InChI=1S/C27H23ClN2O2/c28-24-13-15-25(16-14-24)30(19-21-8-3-1-4-9-21)27-23(12-7-17-29-27)18-26(31)32-20-22-10-5-2-6-11-22/h1-17H,18-20H2. The van der Waals surface area contributed by atoms with Crippen molar-refractivity contribution in [1.29, 1.82) is 0 Å². The van der Waals surface area contributed by atoms with Crippen LogP contribution in [0.2, 0.25) is 5.02 Å². The number of pyridine rings is 1. The molecule has 0 unspecified atom stereocenters. The van der Waals surface area contributed by atoms with Crippen molar-refractivity contribution >= 4 is 29.1 Å². The van der Waals surface area contributed by atoms with E-state index < -0.39 is 0 Å². The molecule has 4 aromatic rings. The number of rotatable bonds is 8. The summed E-state index contributed by atoms with van der Waals surface area (Å²) < 4.78 is 5.50. The van der Waals surface area contributed by atoms with Crippen LogP contribution in [0.15, 0.2) is 103 Å². The first-order valence-corrected chi connectivity index (χ1v) is 10.8. The van der Waals surface area contributed by atoms with E-state index in [9.17, 15) is 4.79 Å². The fourth-order valence-corrected chi connectivity index (χ4v) is 3.56. The number of anilines is 2. The molecule has 32 heavy (non-hydrogen) atoms. The summed E-state index contributed by atoms with van der Waals surface area (Å²) in [7, 11) is 0. The maximum absolute atomic E-state index is 12.6. The number of nitrogens with zero attached hydrogens (tertiary/aromatic N) is 2. The van der Waals surface area contributed by atoms with Gasteiger partial charge in [0.2, 0.25) is 0 Å². The third kappa shape index (κ3) is 5.74. The zero-order valence-corrected chi connectivity index (χ0v) is 18.3. The summed E-state index contributed by atoms with van der Waals surface area (Å²) in [6.45, 7) is 0.853. The second-order valence-corrected chi connectivity index (χ2v) is 7.79. The molecule has 4 nitrogen and oxygen atoms in total. The summed E-state index contributed by atoms with van der Waals surface area (Å²) >= 11 is 6.11. The zero-order chi connectivity index (χ0) is 22.2. The zero-order valence-electron chi connectivity index (χ0n) is 17.5. The van der Waals surface area contributed by atoms with Crippen molar-refractivity contribution in [2.75, 3.05) is 4.90 Å². The van der Waals surface area contributed by atoms with Crippen molar-refractivity contribution in [3.63, 3.8) is 0 Å². The Morgan fingerprint density at radius 1 is 0.812 bits per heavy atom. The monoisotopic (exact) mass is 442 g/mol. The van der Waals surface area contributed by atoms with Crippen molar-refractivity contribution in [3.05, 3.63) is 125 Å². The van der Waals surface area contributed by atoms with Gasteiger partial charge in [-0.3, -0.25) is 4.79 Å². The lowest BCUT2D eigenvalue weighted by Gasteiger charge is -2.26. The first-order valence-electron chi connectivity index (χ1n) is 10.4. The normalized spacial score (nSPS) is 10.5. The summed E-state index contributed by atoms with van der Waals surface area (Å²) in [5, 5.41) is 0.666. The smallest absolute Gasteiger partial charge is 0.310 e. The number of hydrogen-bond acceptors (Lipinski definition) is 4. The first-order chi connectivity index (χ1) is 15.7. The number of ether oxygens (including phenoxy) is 1. The minimum Gasteiger partial charge on any atom is -0.461 e. The largest absolute Gasteiger partial charge is 0.461 e. The number of hydrogen-bond donors (Lipinski definition) is 0. The Labute approximate surface area is 193 Å². The van der Waals surface area contributed by atoms with E-state index in [-0.39, 0.29) is 19.0 Å². The highest BCUT2D eigenvalue weighted by Crippen LogP contribution is 2.30. The van der Waals surface area contributed by atoms with Crippen LogP contribution in [0.25, 0.3) is 0 Å². The lowest BCUT2D eigenvalue weighted by Crippen LogP contribution is -2.20. The van der Waals surface area contributed by atoms with Gasteiger partial charge < -0.3 is 9.64 Å². The molecule has 0 amide bonds. The van der Waals surface area contributed by atoms with E-state index >= 15 is 0 Å². The van der Waals surface area contributed by atoms with Gasteiger partial charge in [-0.1, -0.05) is 78.3 Å². The summed E-state index contributed by atoms with van der Waals surface area (Å²) in [6, 6.07) is 31.2. The van der Waals surface area contributed by atoms with Gasteiger partial charge in [0.15, 0.2) is 0 Å². The van der Waals surface area contributed by atoms with Crippen molar-refractivity contribution in [1.82, 2.24) is 4.98 Å². The third-order valence-electron chi connectivity index (χ3n) is 5.02. The van der Waals surface area contributed by atoms with Gasteiger partial charge in [0.05, 0.1) is 6.42 Å². The van der Waals surface area contributed by atoms with E-state index in [4.69, 9.17) is 16.3 Å². The van der Waals surface area contributed by atoms with E-state index in [1.54, 1.807) is 6.20 Å². The minimum atomic E-state index is -0.293. The van der Waals surface area contributed by atoms with Crippen LogP contribution in [-0.2, 0) is 29.1 Å². The summed E-state index contributed by atoms with van der Waals surface area (Å²) in [5.41, 5.74) is 3.83. The lowest BCUT2D eigenvalue weighted by molar-refractivity contribution is -0.144. The molecule has 0 aliphatic carbocycles. The molecule has 0 aliphatic rings. The van der Waals surface area contributed by atoms with E-state index in [0.29, 0.717) is 11.6 Å². The predicted molar refractivity (Wildman–Crippen MR) is 128 cm³/mol. The molecule has 3 aromatic carbocycles. The molecule has 0 N–H and O–H groups in total. The lowest BCUT2D eigenvalue weighted by atomic mass is 10.1. The van der Waals surface area contributed by atoms with Crippen LogP contribution in [0, 0.1) is 0 Å². The van der Waals surface area contributed by atoms with E-state index in [1.165, 1.54) is 0 Å². The molecule has 0 atom stereocenters. The second-order valence-electron chi connectivity index (χ2n) is 7.36. The molecule has 1 aromatic heterocycles. The minimum absolute atomic E-state index is 0.134. The Hall–Kier alpha value is -3.63. The highest BCUT2D eigenvalue weighted by atomic mass is 35.5. The van der Waals surface area contributed by atoms with Crippen molar-refractivity contribution in [3.8, 4) is 0 Å². The maximum atomic E-state index is 12.6. The highest BCUT2D eigenvalue weighted by Gasteiger charge is 2.18. The van der Waals surface area contributed by atoms with E-state index in [1.807, 2.05) is 84.9 Å². The molecule has 0 fully saturated rings. The van der Waals surface area contributed by atoms with E-state index in [2.05, 4.69) is 22.0 Å². The van der Waals surface area contributed by atoms with Crippen LogP contribution in [0.1, 0.15) is 16.7 Å². The van der Waals surface area contributed by atoms with Gasteiger partial charge in [-0.2, -0.15) is 0 Å². The van der Waals surface area contributed by atoms with Crippen molar-refractivity contribution in [2.24, 2.45) is 0 Å². The van der Waals surface area contributed by atoms with Crippen LogP contribution in [0.3, 0.4) is 0 Å². The average molecular weight is 443 g/mol. The number of halogens is 1. The van der Waals surface area contributed by atoms with Crippen LogP contribution in [0.4, 0.5) is 11.5 Å². The molecule has 0 saturated carbocycles. The van der Waals surface area contributed by atoms with Crippen LogP contribution in [0.5, 0.6) is 0 Å². The van der Waals surface area contributed by atoms with Gasteiger partial charge in [-0.05, 0) is 41.5 Å². The van der Waals surface area contributed by atoms with Crippen molar-refractivity contribution in [2.45, 2.75) is 19.6 Å². The third-order valence-corrected chi connectivity index (χ3v) is 5.27. The highest BCUT2D eigenvalue weighted by molar-refractivity contribution is 6.30.